The smallest absolute Gasteiger partial charge is 0.123 e. The fraction of sp³-hybridized carbons (Fsp3) is 0.222. The Balaban J connectivity index is 2.89. The monoisotopic (exact) mass is 151 g/mol. The minimum absolute atomic E-state index is 0.0793. The third-order valence-corrected chi connectivity index (χ3v) is 1.65. The standard InChI is InChI=1S/C9H10FN/c1-7(6-11)8-2-4-9(10)5-3-8/h2-7,11H,1H3/t7-/m1/s1. The van der Waals surface area contributed by atoms with Crippen molar-refractivity contribution in [2.24, 2.45) is 0 Å². The van der Waals surface area contributed by atoms with Gasteiger partial charge in [0, 0.05) is 12.1 Å². The zero-order chi connectivity index (χ0) is 8.27. The van der Waals surface area contributed by atoms with E-state index in [2.05, 4.69) is 0 Å². The van der Waals surface area contributed by atoms with Crippen LogP contribution in [0.25, 0.3) is 0 Å². The third-order valence-electron chi connectivity index (χ3n) is 1.65. The molecule has 1 nitrogen and oxygen atoms in total. The molecule has 58 valence electrons. The van der Waals surface area contributed by atoms with Crippen molar-refractivity contribution in [2.45, 2.75) is 12.8 Å². The predicted octanol–water partition coefficient (Wildman–Crippen LogP) is 2.58. The highest BCUT2D eigenvalue weighted by Gasteiger charge is 1.99. The zero-order valence-corrected chi connectivity index (χ0v) is 6.34. The number of rotatable bonds is 2. The summed E-state index contributed by atoms with van der Waals surface area (Å²) in [4.78, 5) is 0. The van der Waals surface area contributed by atoms with Gasteiger partial charge in [-0.3, -0.25) is 0 Å². The van der Waals surface area contributed by atoms with E-state index in [-0.39, 0.29) is 11.7 Å². The van der Waals surface area contributed by atoms with Crippen LogP contribution in [-0.2, 0) is 0 Å². The van der Waals surface area contributed by atoms with Gasteiger partial charge in [0.15, 0.2) is 0 Å². The molecule has 0 aliphatic rings. The molecule has 1 N–H and O–H groups in total. The maximum Gasteiger partial charge on any atom is 0.123 e. The summed E-state index contributed by atoms with van der Waals surface area (Å²) in [6, 6.07) is 6.22. The molecule has 0 fully saturated rings. The van der Waals surface area contributed by atoms with Crippen molar-refractivity contribution in [3.8, 4) is 0 Å². The summed E-state index contributed by atoms with van der Waals surface area (Å²) in [7, 11) is 0. The van der Waals surface area contributed by atoms with Gasteiger partial charge >= 0.3 is 0 Å². The predicted molar refractivity (Wildman–Crippen MR) is 43.6 cm³/mol. The highest BCUT2D eigenvalue weighted by molar-refractivity contribution is 5.63. The lowest BCUT2D eigenvalue weighted by atomic mass is 10.0. The fourth-order valence-corrected chi connectivity index (χ4v) is 0.863. The highest BCUT2D eigenvalue weighted by Crippen LogP contribution is 2.12. The quantitative estimate of drug-likeness (QED) is 0.628. The molecule has 11 heavy (non-hydrogen) atoms. The van der Waals surface area contributed by atoms with Crippen molar-refractivity contribution < 1.29 is 4.39 Å². The first kappa shape index (κ1) is 7.92. The van der Waals surface area contributed by atoms with E-state index >= 15 is 0 Å². The van der Waals surface area contributed by atoms with Crippen LogP contribution < -0.4 is 0 Å². The van der Waals surface area contributed by atoms with Crippen molar-refractivity contribution in [1.82, 2.24) is 0 Å². The number of hydrogen-bond acceptors (Lipinski definition) is 1. The lowest BCUT2D eigenvalue weighted by Gasteiger charge is -2.03. The number of nitrogens with one attached hydrogen (secondary N) is 1. The van der Waals surface area contributed by atoms with Gasteiger partial charge in [-0.1, -0.05) is 19.1 Å². The Hall–Kier alpha value is -1.18. The van der Waals surface area contributed by atoms with Gasteiger partial charge in [0.25, 0.3) is 0 Å². The normalized spacial score (nSPS) is 12.5. The molecule has 0 amide bonds. The molecule has 2 heteroatoms. The average molecular weight is 151 g/mol. The van der Waals surface area contributed by atoms with E-state index in [9.17, 15) is 4.39 Å². The molecule has 0 aromatic heterocycles. The first-order valence-electron chi connectivity index (χ1n) is 3.50. The Morgan fingerprint density at radius 1 is 1.36 bits per heavy atom. The van der Waals surface area contributed by atoms with Crippen LogP contribution in [-0.4, -0.2) is 6.21 Å². The largest absolute Gasteiger partial charge is 0.312 e. The Labute approximate surface area is 65.4 Å². The number of hydrogen-bond donors (Lipinski definition) is 1. The molecule has 1 rings (SSSR count). The van der Waals surface area contributed by atoms with Crippen LogP contribution in [0.5, 0.6) is 0 Å². The van der Waals surface area contributed by atoms with Crippen LogP contribution >= 0.6 is 0 Å². The Bertz CT molecular complexity index is 240. The van der Waals surface area contributed by atoms with Gasteiger partial charge in [-0.25, -0.2) is 4.39 Å². The molecule has 0 bridgehead atoms. The molecule has 0 radical (unpaired) electrons. The second-order valence-corrected chi connectivity index (χ2v) is 2.51. The molecule has 0 aliphatic carbocycles. The minimum atomic E-state index is -0.231. The minimum Gasteiger partial charge on any atom is -0.312 e. The molecule has 1 aromatic rings. The van der Waals surface area contributed by atoms with Gasteiger partial charge in [0.2, 0.25) is 0 Å². The molecule has 0 heterocycles. The van der Waals surface area contributed by atoms with Crippen LogP contribution in [0.15, 0.2) is 24.3 Å². The van der Waals surface area contributed by atoms with Crippen molar-refractivity contribution in [2.75, 3.05) is 0 Å². The SMILES string of the molecule is C[C@H](C=N)c1ccc(F)cc1. The van der Waals surface area contributed by atoms with Crippen molar-refractivity contribution in [3.63, 3.8) is 0 Å². The van der Waals surface area contributed by atoms with Gasteiger partial charge in [-0.05, 0) is 17.7 Å². The third kappa shape index (κ3) is 1.87. The zero-order valence-electron chi connectivity index (χ0n) is 6.34. The molecule has 0 unspecified atom stereocenters. The fourth-order valence-electron chi connectivity index (χ4n) is 0.863. The van der Waals surface area contributed by atoms with Gasteiger partial charge in [-0.15, -0.1) is 0 Å². The van der Waals surface area contributed by atoms with E-state index in [0.29, 0.717) is 0 Å². The summed E-state index contributed by atoms with van der Waals surface area (Å²) >= 11 is 0. The van der Waals surface area contributed by atoms with Crippen molar-refractivity contribution in [1.29, 1.82) is 5.41 Å². The van der Waals surface area contributed by atoms with Crippen LogP contribution in [0.1, 0.15) is 18.4 Å². The van der Waals surface area contributed by atoms with Crippen molar-refractivity contribution in [3.05, 3.63) is 35.6 Å². The highest BCUT2D eigenvalue weighted by atomic mass is 19.1. The second-order valence-electron chi connectivity index (χ2n) is 2.51. The molecule has 0 saturated carbocycles. The van der Waals surface area contributed by atoms with Gasteiger partial charge in [0.1, 0.15) is 5.82 Å². The van der Waals surface area contributed by atoms with Crippen LogP contribution in [0.3, 0.4) is 0 Å². The Morgan fingerprint density at radius 3 is 2.36 bits per heavy atom. The van der Waals surface area contributed by atoms with E-state index in [1.165, 1.54) is 18.3 Å². The van der Waals surface area contributed by atoms with E-state index in [1.807, 2.05) is 6.92 Å². The molecule has 0 spiro atoms. The lowest BCUT2D eigenvalue weighted by molar-refractivity contribution is 0.627. The van der Waals surface area contributed by atoms with Gasteiger partial charge in [-0.2, -0.15) is 0 Å². The summed E-state index contributed by atoms with van der Waals surface area (Å²) in [5.41, 5.74) is 0.974. The topological polar surface area (TPSA) is 23.9 Å². The number of halogens is 1. The van der Waals surface area contributed by atoms with E-state index in [0.717, 1.165) is 5.56 Å². The summed E-state index contributed by atoms with van der Waals surface area (Å²) < 4.78 is 12.4. The summed E-state index contributed by atoms with van der Waals surface area (Å²) in [5.74, 6) is -0.151. The van der Waals surface area contributed by atoms with Crippen LogP contribution in [0.4, 0.5) is 4.39 Å². The van der Waals surface area contributed by atoms with E-state index < -0.39 is 0 Å². The molecule has 1 aromatic carbocycles. The first-order valence-corrected chi connectivity index (χ1v) is 3.50. The first-order chi connectivity index (χ1) is 5.24. The summed E-state index contributed by atoms with van der Waals surface area (Å²) in [6.07, 6.45) is 1.34. The number of benzene rings is 1. The molecule has 1 atom stereocenters. The maximum absolute atomic E-state index is 12.4. The molecule has 0 saturated heterocycles. The average Bonchev–Trinajstić information content (AvgIpc) is 2.05. The molecular weight excluding hydrogens is 141 g/mol. The Morgan fingerprint density at radius 2 is 1.91 bits per heavy atom. The summed E-state index contributed by atoms with van der Waals surface area (Å²) in [5, 5.41) is 6.98. The second kappa shape index (κ2) is 3.28. The van der Waals surface area contributed by atoms with Gasteiger partial charge < -0.3 is 5.41 Å². The van der Waals surface area contributed by atoms with Crippen molar-refractivity contribution >= 4 is 6.21 Å². The van der Waals surface area contributed by atoms with Crippen LogP contribution in [0, 0.1) is 11.2 Å². The molecular formula is C9H10FN. The van der Waals surface area contributed by atoms with Gasteiger partial charge in [0.05, 0.1) is 0 Å². The van der Waals surface area contributed by atoms with E-state index in [4.69, 9.17) is 5.41 Å². The lowest BCUT2D eigenvalue weighted by Crippen LogP contribution is -1.92. The van der Waals surface area contributed by atoms with E-state index in [1.54, 1.807) is 12.1 Å². The molecule has 0 aliphatic heterocycles. The summed E-state index contributed by atoms with van der Waals surface area (Å²) in [6.45, 7) is 1.90. The Kier molecular flexibility index (Phi) is 2.36. The van der Waals surface area contributed by atoms with Crippen LogP contribution in [0.2, 0.25) is 0 Å². The maximum atomic E-state index is 12.4.